The summed E-state index contributed by atoms with van der Waals surface area (Å²) >= 11 is 0. The van der Waals surface area contributed by atoms with E-state index in [0.29, 0.717) is 24.5 Å². The van der Waals surface area contributed by atoms with Crippen LogP contribution in [0.25, 0.3) is 0 Å². The smallest absolute Gasteiger partial charge is 0.228 e. The van der Waals surface area contributed by atoms with Gasteiger partial charge in [0.25, 0.3) is 0 Å². The van der Waals surface area contributed by atoms with Crippen LogP contribution in [0.2, 0.25) is 0 Å². The summed E-state index contributed by atoms with van der Waals surface area (Å²) in [5.74, 6) is 0.321. The van der Waals surface area contributed by atoms with Gasteiger partial charge in [0.15, 0.2) is 0 Å². The Morgan fingerprint density at radius 2 is 2.08 bits per heavy atom. The summed E-state index contributed by atoms with van der Waals surface area (Å²) in [5.41, 5.74) is 2.85. The zero-order chi connectivity index (χ0) is 18.8. The van der Waals surface area contributed by atoms with Crippen molar-refractivity contribution in [2.45, 2.75) is 39.8 Å². The molecular formula is C20H25N3O3. The van der Waals surface area contributed by atoms with Gasteiger partial charge in [-0.05, 0) is 31.9 Å². The minimum absolute atomic E-state index is 0.0322. The summed E-state index contributed by atoms with van der Waals surface area (Å²) in [6, 6.07) is 9.57. The van der Waals surface area contributed by atoms with Crippen LogP contribution < -0.4 is 0 Å². The first-order chi connectivity index (χ1) is 12.4. The van der Waals surface area contributed by atoms with E-state index in [2.05, 4.69) is 5.16 Å². The van der Waals surface area contributed by atoms with E-state index in [1.165, 1.54) is 0 Å². The Hall–Kier alpha value is -2.63. The fourth-order valence-electron chi connectivity index (χ4n) is 3.78. The number of benzene rings is 1. The topological polar surface area (TPSA) is 66.7 Å². The van der Waals surface area contributed by atoms with Gasteiger partial charge in [-0.2, -0.15) is 0 Å². The number of likely N-dealkylation sites (tertiary alicyclic amines) is 1. The lowest BCUT2D eigenvalue weighted by Crippen LogP contribution is -2.37. The summed E-state index contributed by atoms with van der Waals surface area (Å²) in [7, 11) is 1.75. The molecule has 1 aromatic heterocycles. The fraction of sp³-hybridized carbons (Fsp3) is 0.450. The van der Waals surface area contributed by atoms with Gasteiger partial charge in [0, 0.05) is 26.1 Å². The Balaban J connectivity index is 1.87. The first-order valence-corrected chi connectivity index (χ1v) is 8.94. The molecule has 0 saturated carbocycles. The number of hydrogen-bond acceptors (Lipinski definition) is 4. The van der Waals surface area contributed by atoms with Crippen molar-refractivity contribution in [1.82, 2.24) is 15.0 Å². The summed E-state index contributed by atoms with van der Waals surface area (Å²) in [6.07, 6.45) is 0.244. The molecule has 0 N–H and O–H groups in total. The number of hydrogen-bond donors (Lipinski definition) is 0. The maximum atomic E-state index is 13.1. The first kappa shape index (κ1) is 18.2. The van der Waals surface area contributed by atoms with Crippen LogP contribution in [-0.2, 0) is 16.1 Å². The van der Waals surface area contributed by atoms with Gasteiger partial charge in [-0.15, -0.1) is 0 Å². The van der Waals surface area contributed by atoms with Gasteiger partial charge in [-0.3, -0.25) is 9.59 Å². The quantitative estimate of drug-likeness (QED) is 0.827. The van der Waals surface area contributed by atoms with E-state index < -0.39 is 0 Å². The monoisotopic (exact) mass is 355 g/mol. The van der Waals surface area contributed by atoms with Crippen molar-refractivity contribution in [2.24, 2.45) is 5.92 Å². The molecule has 2 heterocycles. The summed E-state index contributed by atoms with van der Waals surface area (Å²) in [4.78, 5) is 29.1. The van der Waals surface area contributed by atoms with Crippen LogP contribution in [0.15, 0.2) is 34.9 Å². The predicted molar refractivity (Wildman–Crippen MR) is 97.1 cm³/mol. The maximum Gasteiger partial charge on any atom is 0.228 e. The van der Waals surface area contributed by atoms with Crippen molar-refractivity contribution >= 4 is 11.8 Å². The van der Waals surface area contributed by atoms with Gasteiger partial charge >= 0.3 is 0 Å². The highest BCUT2D eigenvalue weighted by atomic mass is 16.5. The Kier molecular flexibility index (Phi) is 5.11. The molecule has 1 fully saturated rings. The molecule has 0 unspecified atom stereocenters. The predicted octanol–water partition coefficient (Wildman–Crippen LogP) is 2.86. The van der Waals surface area contributed by atoms with Gasteiger partial charge in [-0.25, -0.2) is 0 Å². The van der Waals surface area contributed by atoms with Gasteiger partial charge in [-0.1, -0.05) is 29.4 Å². The van der Waals surface area contributed by atoms with Crippen LogP contribution in [0.3, 0.4) is 0 Å². The lowest BCUT2D eigenvalue weighted by atomic mass is 9.90. The molecule has 3 rings (SSSR count). The Labute approximate surface area is 153 Å². The number of rotatable bonds is 5. The normalized spacial score (nSPS) is 19.8. The minimum atomic E-state index is -0.387. The molecule has 1 aliphatic heterocycles. The van der Waals surface area contributed by atoms with E-state index in [9.17, 15) is 9.59 Å². The van der Waals surface area contributed by atoms with Crippen molar-refractivity contribution in [3.05, 3.63) is 52.9 Å². The first-order valence-electron chi connectivity index (χ1n) is 8.94. The molecule has 2 aromatic rings. The van der Waals surface area contributed by atoms with E-state index in [1.54, 1.807) is 11.9 Å². The molecule has 26 heavy (non-hydrogen) atoms. The molecule has 2 amide bonds. The lowest BCUT2D eigenvalue weighted by molar-refractivity contribution is -0.135. The SMILES string of the molecule is CCN1C(=O)C[C@@H](C(=O)N(C)Cc2cc(C)on2)[C@@H]1c1ccccc1C. The Morgan fingerprint density at radius 3 is 2.69 bits per heavy atom. The highest BCUT2D eigenvalue weighted by Crippen LogP contribution is 2.40. The molecule has 1 saturated heterocycles. The standard InChI is InChI=1S/C20H25N3O3/c1-5-23-18(24)11-17(19(23)16-9-7-6-8-13(16)2)20(25)22(4)12-15-10-14(3)26-21-15/h6-10,17,19H,5,11-12H2,1-4H3/t17-,19+/m1/s1. The van der Waals surface area contributed by atoms with E-state index >= 15 is 0 Å². The average molecular weight is 355 g/mol. The second-order valence-electron chi connectivity index (χ2n) is 6.91. The number of amides is 2. The van der Waals surface area contributed by atoms with Crippen molar-refractivity contribution in [2.75, 3.05) is 13.6 Å². The zero-order valence-electron chi connectivity index (χ0n) is 15.7. The number of carbonyl (C=O) groups excluding carboxylic acids is 2. The van der Waals surface area contributed by atoms with Crippen molar-refractivity contribution in [1.29, 1.82) is 0 Å². The van der Waals surface area contributed by atoms with Crippen LogP contribution in [0.5, 0.6) is 0 Å². The van der Waals surface area contributed by atoms with E-state index in [4.69, 9.17) is 4.52 Å². The third kappa shape index (κ3) is 3.36. The molecule has 0 aliphatic carbocycles. The van der Waals surface area contributed by atoms with Gasteiger partial charge in [0.2, 0.25) is 11.8 Å². The molecule has 1 aliphatic rings. The summed E-state index contributed by atoms with van der Waals surface area (Å²) in [6.45, 7) is 6.76. The number of aryl methyl sites for hydroxylation is 2. The van der Waals surface area contributed by atoms with Crippen molar-refractivity contribution in [3.8, 4) is 0 Å². The number of nitrogens with zero attached hydrogens (tertiary/aromatic N) is 3. The fourth-order valence-corrected chi connectivity index (χ4v) is 3.78. The highest BCUT2D eigenvalue weighted by Gasteiger charge is 2.45. The average Bonchev–Trinajstić information content (AvgIpc) is 3.17. The van der Waals surface area contributed by atoms with Crippen molar-refractivity contribution < 1.29 is 14.1 Å². The van der Waals surface area contributed by atoms with Crippen LogP contribution in [0.1, 0.15) is 42.0 Å². The van der Waals surface area contributed by atoms with Gasteiger partial charge in [0.1, 0.15) is 11.5 Å². The summed E-state index contributed by atoms with van der Waals surface area (Å²) < 4.78 is 5.08. The van der Waals surface area contributed by atoms with E-state index in [0.717, 1.165) is 11.1 Å². The minimum Gasteiger partial charge on any atom is -0.361 e. The van der Waals surface area contributed by atoms with E-state index in [1.807, 2.05) is 56.0 Å². The molecule has 138 valence electrons. The van der Waals surface area contributed by atoms with Crippen molar-refractivity contribution in [3.63, 3.8) is 0 Å². The Morgan fingerprint density at radius 1 is 1.35 bits per heavy atom. The molecule has 0 radical (unpaired) electrons. The molecular weight excluding hydrogens is 330 g/mol. The molecule has 0 bridgehead atoms. The van der Waals surface area contributed by atoms with Gasteiger partial charge in [0.05, 0.1) is 18.5 Å². The Bertz CT molecular complexity index is 814. The van der Waals surface area contributed by atoms with Crippen LogP contribution in [0.4, 0.5) is 0 Å². The van der Waals surface area contributed by atoms with Crippen LogP contribution in [-0.4, -0.2) is 40.4 Å². The molecule has 2 atom stereocenters. The third-order valence-corrected chi connectivity index (χ3v) is 5.05. The summed E-state index contributed by atoms with van der Waals surface area (Å²) in [5, 5.41) is 3.96. The number of aromatic nitrogens is 1. The van der Waals surface area contributed by atoms with Crippen LogP contribution >= 0.6 is 0 Å². The second-order valence-corrected chi connectivity index (χ2v) is 6.91. The second kappa shape index (κ2) is 7.32. The largest absolute Gasteiger partial charge is 0.361 e. The maximum absolute atomic E-state index is 13.1. The molecule has 1 aromatic carbocycles. The van der Waals surface area contributed by atoms with E-state index in [-0.39, 0.29) is 30.2 Å². The lowest BCUT2D eigenvalue weighted by Gasteiger charge is -2.30. The van der Waals surface area contributed by atoms with Gasteiger partial charge < -0.3 is 14.3 Å². The van der Waals surface area contributed by atoms with Crippen LogP contribution in [0, 0.1) is 19.8 Å². The molecule has 6 nitrogen and oxygen atoms in total. The zero-order valence-corrected chi connectivity index (χ0v) is 15.7. The number of carbonyl (C=O) groups is 2. The highest BCUT2D eigenvalue weighted by molar-refractivity contribution is 5.90. The molecule has 6 heteroatoms. The third-order valence-electron chi connectivity index (χ3n) is 5.05. The molecule has 0 spiro atoms.